The number of carbonyl (C=O) groups is 2. The van der Waals surface area contributed by atoms with Crippen molar-refractivity contribution in [3.63, 3.8) is 0 Å². The van der Waals surface area contributed by atoms with E-state index in [2.05, 4.69) is 56.5 Å². The predicted molar refractivity (Wildman–Crippen MR) is 147 cm³/mol. The molecule has 1 aliphatic rings. The second-order valence-corrected chi connectivity index (χ2v) is 7.97. The number of methoxy groups -OCH3 is 1. The molecule has 0 amide bonds. The van der Waals surface area contributed by atoms with Crippen molar-refractivity contribution in [2.45, 2.75) is 19.9 Å². The molecule has 1 atom stereocenters. The molecule has 0 N–H and O–H groups in total. The van der Waals surface area contributed by atoms with Crippen LogP contribution in [0.4, 0.5) is 11.6 Å². The average Bonchev–Trinajstić information content (AvgIpc) is 2.94. The van der Waals surface area contributed by atoms with Crippen LogP contribution >= 0.6 is 0 Å². The van der Waals surface area contributed by atoms with Gasteiger partial charge in [-0.2, -0.15) is 0 Å². The Morgan fingerprint density at radius 3 is 2.22 bits per heavy atom. The molecular formula is C28H36N4O5. The van der Waals surface area contributed by atoms with Crippen molar-refractivity contribution >= 4 is 40.9 Å². The molecule has 3 aromatic rings. The zero-order chi connectivity index (χ0) is 27.2. The van der Waals surface area contributed by atoms with Crippen LogP contribution < -0.4 is 9.80 Å². The molecule has 0 aliphatic carbocycles. The number of nitrogens with zero attached hydrogens (tertiary/aromatic N) is 4. The molecule has 198 valence electrons. The fourth-order valence-corrected chi connectivity index (χ4v) is 3.96. The number of hydrogen-bond donors (Lipinski definition) is 0. The summed E-state index contributed by atoms with van der Waals surface area (Å²) in [4.78, 5) is 34.0. The van der Waals surface area contributed by atoms with Gasteiger partial charge in [0.05, 0.1) is 25.3 Å². The van der Waals surface area contributed by atoms with Gasteiger partial charge in [-0.15, -0.1) is 0 Å². The highest BCUT2D eigenvalue weighted by Gasteiger charge is 2.34. The summed E-state index contributed by atoms with van der Waals surface area (Å²) in [6, 6.07) is 14.0. The molecule has 2 heterocycles. The second-order valence-electron chi connectivity index (χ2n) is 7.97. The van der Waals surface area contributed by atoms with Crippen LogP contribution in [0.15, 0.2) is 61.4 Å². The molecule has 0 spiro atoms. The average molecular weight is 509 g/mol. The van der Waals surface area contributed by atoms with Crippen LogP contribution in [0.3, 0.4) is 0 Å². The summed E-state index contributed by atoms with van der Waals surface area (Å²) in [7, 11) is 3.25. The normalized spacial score (nSPS) is 14.5. The lowest BCUT2D eigenvalue weighted by molar-refractivity contribution is -0.144. The molecule has 37 heavy (non-hydrogen) atoms. The Morgan fingerprint density at radius 1 is 0.973 bits per heavy atom. The summed E-state index contributed by atoms with van der Waals surface area (Å²) in [6.45, 7) is 12.3. The third kappa shape index (κ3) is 7.75. The van der Waals surface area contributed by atoms with Crippen LogP contribution in [0.5, 0.6) is 0 Å². The van der Waals surface area contributed by atoms with Crippen LogP contribution in [0.2, 0.25) is 0 Å². The van der Waals surface area contributed by atoms with Crippen LogP contribution in [-0.4, -0.2) is 75.8 Å². The Labute approximate surface area is 218 Å². The topological polar surface area (TPSA) is 94.1 Å². The Balaban J connectivity index is 0.000000898. The van der Waals surface area contributed by atoms with Gasteiger partial charge in [0.25, 0.3) is 0 Å². The van der Waals surface area contributed by atoms with Crippen molar-refractivity contribution in [3.8, 4) is 0 Å². The van der Waals surface area contributed by atoms with Crippen LogP contribution in [-0.2, 0) is 23.8 Å². The van der Waals surface area contributed by atoms with Gasteiger partial charge in [-0.05, 0) is 36.8 Å². The minimum Gasteiger partial charge on any atom is -0.494 e. The Kier molecular flexibility index (Phi) is 12.0. The SMILES string of the molecule is C=C(OCC)c1cnc(N2CCN(c3ccc4ccccc4c3)C(C(=O)OCC)C2)nc1.C=O.COC. The summed E-state index contributed by atoms with van der Waals surface area (Å²) in [6.07, 6.45) is 3.41. The van der Waals surface area contributed by atoms with E-state index in [4.69, 9.17) is 14.3 Å². The van der Waals surface area contributed by atoms with Crippen LogP contribution in [0, 0.1) is 0 Å². The zero-order valence-electron chi connectivity index (χ0n) is 22.1. The summed E-state index contributed by atoms with van der Waals surface area (Å²) in [5.74, 6) is 0.877. The highest BCUT2D eigenvalue weighted by atomic mass is 16.5. The largest absolute Gasteiger partial charge is 0.494 e. The number of anilines is 2. The van der Waals surface area contributed by atoms with Gasteiger partial charge in [-0.3, -0.25) is 0 Å². The van der Waals surface area contributed by atoms with Crippen molar-refractivity contribution in [2.24, 2.45) is 0 Å². The molecule has 1 saturated heterocycles. The number of hydrogen-bond acceptors (Lipinski definition) is 9. The lowest BCUT2D eigenvalue weighted by Gasteiger charge is -2.41. The van der Waals surface area contributed by atoms with Crippen molar-refractivity contribution < 1.29 is 23.8 Å². The van der Waals surface area contributed by atoms with Gasteiger partial charge >= 0.3 is 5.97 Å². The molecule has 0 saturated carbocycles. The Bertz CT molecular complexity index is 1140. The monoisotopic (exact) mass is 508 g/mol. The number of ether oxygens (including phenoxy) is 3. The van der Waals surface area contributed by atoms with Gasteiger partial charge in [0, 0.05) is 45.4 Å². The van der Waals surface area contributed by atoms with Crippen molar-refractivity contribution in [1.82, 2.24) is 9.97 Å². The van der Waals surface area contributed by atoms with Gasteiger partial charge in [0.1, 0.15) is 18.6 Å². The number of piperazine rings is 1. The summed E-state index contributed by atoms with van der Waals surface area (Å²) >= 11 is 0. The van der Waals surface area contributed by atoms with Gasteiger partial charge < -0.3 is 28.8 Å². The summed E-state index contributed by atoms with van der Waals surface area (Å²) in [5, 5.41) is 2.31. The number of aromatic nitrogens is 2. The Morgan fingerprint density at radius 2 is 1.59 bits per heavy atom. The minimum absolute atomic E-state index is 0.244. The van der Waals surface area contributed by atoms with Crippen LogP contribution in [0.1, 0.15) is 19.4 Å². The van der Waals surface area contributed by atoms with Gasteiger partial charge in [-0.1, -0.05) is 36.9 Å². The van der Waals surface area contributed by atoms with E-state index in [1.807, 2.05) is 37.7 Å². The summed E-state index contributed by atoms with van der Waals surface area (Å²) < 4.78 is 15.1. The van der Waals surface area contributed by atoms with E-state index in [0.29, 0.717) is 44.6 Å². The molecule has 1 unspecified atom stereocenters. The number of benzene rings is 2. The van der Waals surface area contributed by atoms with E-state index in [0.717, 1.165) is 16.6 Å². The molecule has 1 fully saturated rings. The molecule has 9 heteroatoms. The first-order valence-electron chi connectivity index (χ1n) is 12.0. The first-order chi connectivity index (χ1) is 18.0. The van der Waals surface area contributed by atoms with E-state index in [9.17, 15) is 4.79 Å². The fourth-order valence-electron chi connectivity index (χ4n) is 3.96. The van der Waals surface area contributed by atoms with Gasteiger partial charge in [-0.25, -0.2) is 14.8 Å². The van der Waals surface area contributed by atoms with Crippen molar-refractivity contribution in [3.05, 3.63) is 67.0 Å². The standard InChI is InChI=1S/C25H28N4O3.C2H6O.CH2O/c1-4-31-18(3)21-15-26-25(27-16-21)28-12-13-29(23(17-28)24(30)32-5-2)22-11-10-19-8-6-7-9-20(19)14-22;1-3-2;1-2/h6-11,14-16,23H,3-5,12-13,17H2,1-2H3;1-2H3;1H2. The third-order valence-electron chi connectivity index (χ3n) is 5.57. The number of rotatable bonds is 7. The maximum absolute atomic E-state index is 12.9. The quantitative estimate of drug-likeness (QED) is 0.347. The third-order valence-corrected chi connectivity index (χ3v) is 5.57. The van der Waals surface area contributed by atoms with Crippen molar-refractivity contribution in [1.29, 1.82) is 0 Å². The smallest absolute Gasteiger partial charge is 0.330 e. The lowest BCUT2D eigenvalue weighted by Crippen LogP contribution is -2.57. The summed E-state index contributed by atoms with van der Waals surface area (Å²) in [5.41, 5.74) is 1.75. The second kappa shape index (κ2) is 15.2. The molecule has 2 aromatic carbocycles. The van der Waals surface area contributed by atoms with Gasteiger partial charge in [0.2, 0.25) is 5.95 Å². The molecule has 1 aliphatic heterocycles. The first kappa shape index (κ1) is 29.3. The molecular weight excluding hydrogens is 472 g/mol. The maximum Gasteiger partial charge on any atom is 0.330 e. The molecule has 9 nitrogen and oxygen atoms in total. The van der Waals surface area contributed by atoms with E-state index in [-0.39, 0.29) is 5.97 Å². The first-order valence-corrected chi connectivity index (χ1v) is 12.0. The molecule has 0 bridgehead atoms. The lowest BCUT2D eigenvalue weighted by atomic mass is 10.1. The van der Waals surface area contributed by atoms with E-state index < -0.39 is 6.04 Å². The number of carbonyl (C=O) groups excluding carboxylic acids is 2. The highest BCUT2D eigenvalue weighted by molar-refractivity contribution is 5.88. The Hall–Kier alpha value is -3.98. The van der Waals surface area contributed by atoms with E-state index in [1.54, 1.807) is 26.6 Å². The predicted octanol–water partition coefficient (Wildman–Crippen LogP) is 3.97. The number of esters is 1. The molecule has 4 rings (SSSR count). The molecule has 1 aromatic heterocycles. The fraction of sp³-hybridized carbons (Fsp3) is 0.357. The van der Waals surface area contributed by atoms with E-state index in [1.165, 1.54) is 5.39 Å². The van der Waals surface area contributed by atoms with E-state index >= 15 is 0 Å². The van der Waals surface area contributed by atoms with Crippen molar-refractivity contribution in [2.75, 3.05) is 56.9 Å². The highest BCUT2D eigenvalue weighted by Crippen LogP contribution is 2.27. The zero-order valence-corrected chi connectivity index (χ0v) is 22.1. The van der Waals surface area contributed by atoms with Gasteiger partial charge in [0.15, 0.2) is 0 Å². The number of fused-ring (bicyclic) bond motifs is 1. The minimum atomic E-state index is -0.452. The van der Waals surface area contributed by atoms with Crippen LogP contribution in [0.25, 0.3) is 16.5 Å². The molecule has 0 radical (unpaired) electrons. The maximum atomic E-state index is 12.9.